The van der Waals surface area contributed by atoms with Crippen molar-refractivity contribution in [1.82, 2.24) is 25.0 Å². The van der Waals surface area contributed by atoms with Gasteiger partial charge in [0.15, 0.2) is 0 Å². The van der Waals surface area contributed by atoms with Crippen LogP contribution in [0.1, 0.15) is 47.1 Å². The highest BCUT2D eigenvalue weighted by Crippen LogP contribution is 2.28. The number of piperidine rings is 1. The molecule has 0 unspecified atom stereocenters. The average molecular weight is 353 g/mol. The minimum absolute atomic E-state index is 0.240. The summed E-state index contributed by atoms with van der Waals surface area (Å²) in [6, 6.07) is 6.34. The average Bonchev–Trinajstić information content (AvgIpc) is 3.09. The van der Waals surface area contributed by atoms with Gasteiger partial charge in [-0.15, -0.1) is 10.2 Å². The van der Waals surface area contributed by atoms with Crippen molar-refractivity contribution in [2.75, 3.05) is 19.6 Å². The van der Waals surface area contributed by atoms with E-state index >= 15 is 0 Å². The molecule has 1 saturated heterocycles. The number of nitrogens with one attached hydrogen (secondary N) is 1. The van der Waals surface area contributed by atoms with Gasteiger partial charge >= 0.3 is 0 Å². The number of nitrogens with zero attached hydrogens (tertiary/aromatic N) is 4. The third-order valence-electron chi connectivity index (χ3n) is 5.71. The van der Waals surface area contributed by atoms with Crippen LogP contribution in [0.15, 0.2) is 18.2 Å². The lowest BCUT2D eigenvalue weighted by molar-refractivity contribution is -0.131. The number of carbonyl (C=O) groups excluding carboxylic acids is 1. The van der Waals surface area contributed by atoms with Crippen LogP contribution in [0.25, 0.3) is 0 Å². The fourth-order valence-electron chi connectivity index (χ4n) is 4.07. The highest BCUT2D eigenvalue weighted by Gasteiger charge is 2.28. The topological polar surface area (TPSA) is 63.1 Å². The van der Waals surface area contributed by atoms with Crippen molar-refractivity contribution in [3.63, 3.8) is 0 Å². The molecule has 6 heteroatoms. The summed E-state index contributed by atoms with van der Waals surface area (Å²) in [7, 11) is 0. The maximum Gasteiger partial charge on any atom is 0.227 e. The number of benzene rings is 1. The van der Waals surface area contributed by atoms with E-state index in [2.05, 4.69) is 52.1 Å². The molecule has 0 radical (unpaired) electrons. The second-order valence-corrected chi connectivity index (χ2v) is 7.56. The molecule has 0 bridgehead atoms. The van der Waals surface area contributed by atoms with E-state index in [4.69, 9.17) is 0 Å². The minimum atomic E-state index is 0.240. The smallest absolute Gasteiger partial charge is 0.227 e. The summed E-state index contributed by atoms with van der Waals surface area (Å²) >= 11 is 0. The van der Waals surface area contributed by atoms with Crippen molar-refractivity contribution in [1.29, 1.82) is 0 Å². The number of rotatable bonds is 3. The second-order valence-electron chi connectivity index (χ2n) is 7.56. The Bertz CT molecular complexity index is 805. The van der Waals surface area contributed by atoms with Crippen molar-refractivity contribution >= 4 is 5.91 Å². The Labute approximate surface area is 154 Å². The molecule has 1 N–H and O–H groups in total. The van der Waals surface area contributed by atoms with Gasteiger partial charge in [-0.05, 0) is 37.8 Å². The summed E-state index contributed by atoms with van der Waals surface area (Å²) in [4.78, 5) is 14.8. The molecule has 1 aromatic carbocycles. The fraction of sp³-hybridized carbons (Fsp3) is 0.550. The van der Waals surface area contributed by atoms with Crippen LogP contribution in [-0.2, 0) is 24.3 Å². The molecule has 138 valence electrons. The van der Waals surface area contributed by atoms with Crippen LogP contribution in [0.4, 0.5) is 0 Å². The Kier molecular flexibility index (Phi) is 4.76. The quantitative estimate of drug-likeness (QED) is 0.916. The van der Waals surface area contributed by atoms with Crippen LogP contribution < -0.4 is 5.32 Å². The van der Waals surface area contributed by atoms with Crippen molar-refractivity contribution in [3.8, 4) is 0 Å². The van der Waals surface area contributed by atoms with Crippen molar-refractivity contribution in [2.45, 2.75) is 52.1 Å². The van der Waals surface area contributed by atoms with Crippen LogP contribution in [0.3, 0.4) is 0 Å². The Morgan fingerprint density at radius 1 is 1.19 bits per heavy atom. The predicted octanol–water partition coefficient (Wildman–Crippen LogP) is 1.95. The Hall–Kier alpha value is -2.21. The Balaban J connectivity index is 1.38. The first-order chi connectivity index (χ1) is 12.6. The molecule has 2 aliphatic rings. The SMILES string of the molecule is Cc1ccc(C)c(CC(=O)N2CCC(c3nnc4n3CCNC4)CC2)c1. The lowest BCUT2D eigenvalue weighted by Crippen LogP contribution is -2.39. The predicted molar refractivity (Wildman–Crippen MR) is 99.9 cm³/mol. The molecule has 0 saturated carbocycles. The van der Waals surface area contributed by atoms with Gasteiger partial charge in [0.05, 0.1) is 13.0 Å². The summed E-state index contributed by atoms with van der Waals surface area (Å²) in [5.41, 5.74) is 3.56. The summed E-state index contributed by atoms with van der Waals surface area (Å²) in [6.07, 6.45) is 2.46. The van der Waals surface area contributed by atoms with Crippen LogP contribution in [-0.4, -0.2) is 45.2 Å². The molecule has 3 heterocycles. The lowest BCUT2D eigenvalue weighted by atomic mass is 9.95. The number of carbonyl (C=O) groups is 1. The van der Waals surface area contributed by atoms with Crippen LogP contribution in [0.5, 0.6) is 0 Å². The molecule has 0 spiro atoms. The number of amides is 1. The van der Waals surface area contributed by atoms with E-state index in [0.717, 1.165) is 62.8 Å². The van der Waals surface area contributed by atoms with Crippen LogP contribution in [0.2, 0.25) is 0 Å². The third-order valence-corrected chi connectivity index (χ3v) is 5.71. The van der Waals surface area contributed by atoms with Gasteiger partial charge in [0, 0.05) is 32.1 Å². The molecule has 2 aliphatic heterocycles. The zero-order valence-corrected chi connectivity index (χ0v) is 15.7. The molecule has 4 rings (SSSR count). The van der Waals surface area contributed by atoms with Crippen molar-refractivity contribution < 1.29 is 4.79 Å². The van der Waals surface area contributed by atoms with E-state index in [1.165, 1.54) is 11.1 Å². The molecule has 2 aromatic rings. The Morgan fingerprint density at radius 2 is 2.00 bits per heavy atom. The number of aromatic nitrogens is 3. The van der Waals surface area contributed by atoms with E-state index < -0.39 is 0 Å². The number of fused-ring (bicyclic) bond motifs is 1. The molecule has 1 amide bonds. The van der Waals surface area contributed by atoms with Crippen LogP contribution >= 0.6 is 0 Å². The molecule has 1 aromatic heterocycles. The van der Waals surface area contributed by atoms with Gasteiger partial charge in [-0.1, -0.05) is 23.8 Å². The largest absolute Gasteiger partial charge is 0.342 e. The van der Waals surface area contributed by atoms with Gasteiger partial charge < -0.3 is 14.8 Å². The molecule has 1 fully saturated rings. The molecule has 26 heavy (non-hydrogen) atoms. The van der Waals surface area contributed by atoms with Gasteiger partial charge in [0.2, 0.25) is 5.91 Å². The molecule has 0 aliphatic carbocycles. The number of aryl methyl sites for hydroxylation is 2. The van der Waals surface area contributed by atoms with E-state index in [1.54, 1.807) is 0 Å². The fourth-order valence-corrected chi connectivity index (χ4v) is 4.07. The van der Waals surface area contributed by atoms with E-state index in [1.807, 2.05) is 4.90 Å². The second kappa shape index (κ2) is 7.19. The van der Waals surface area contributed by atoms with Gasteiger partial charge in [0.25, 0.3) is 0 Å². The monoisotopic (exact) mass is 353 g/mol. The molecular weight excluding hydrogens is 326 g/mol. The third kappa shape index (κ3) is 3.38. The van der Waals surface area contributed by atoms with E-state index in [0.29, 0.717) is 12.3 Å². The Morgan fingerprint density at radius 3 is 2.81 bits per heavy atom. The first-order valence-corrected chi connectivity index (χ1v) is 9.58. The summed E-state index contributed by atoms with van der Waals surface area (Å²) in [6.45, 7) is 8.52. The van der Waals surface area contributed by atoms with Crippen molar-refractivity contribution in [2.24, 2.45) is 0 Å². The van der Waals surface area contributed by atoms with E-state index in [9.17, 15) is 4.79 Å². The molecule has 0 atom stereocenters. The molecule has 6 nitrogen and oxygen atoms in total. The normalized spacial score (nSPS) is 18.0. The summed E-state index contributed by atoms with van der Waals surface area (Å²) < 4.78 is 2.27. The molecular formula is C20H27N5O. The maximum absolute atomic E-state index is 12.7. The van der Waals surface area contributed by atoms with Gasteiger partial charge in [-0.2, -0.15) is 0 Å². The van der Waals surface area contributed by atoms with Gasteiger partial charge in [0.1, 0.15) is 11.6 Å². The summed E-state index contributed by atoms with van der Waals surface area (Å²) in [5, 5.41) is 12.1. The van der Waals surface area contributed by atoms with Gasteiger partial charge in [-0.3, -0.25) is 4.79 Å². The zero-order chi connectivity index (χ0) is 18.1. The maximum atomic E-state index is 12.7. The minimum Gasteiger partial charge on any atom is -0.342 e. The first-order valence-electron chi connectivity index (χ1n) is 9.58. The number of hydrogen-bond donors (Lipinski definition) is 1. The van der Waals surface area contributed by atoms with E-state index in [-0.39, 0.29) is 5.91 Å². The lowest BCUT2D eigenvalue weighted by Gasteiger charge is -2.32. The number of likely N-dealkylation sites (tertiary alicyclic amines) is 1. The highest BCUT2D eigenvalue weighted by molar-refractivity contribution is 5.79. The van der Waals surface area contributed by atoms with Gasteiger partial charge in [-0.25, -0.2) is 0 Å². The summed E-state index contributed by atoms with van der Waals surface area (Å²) in [5.74, 6) is 2.81. The van der Waals surface area contributed by atoms with Crippen molar-refractivity contribution in [3.05, 3.63) is 46.5 Å². The highest BCUT2D eigenvalue weighted by atomic mass is 16.2. The standard InChI is InChI=1S/C20H27N5O/c1-14-3-4-15(2)17(11-14)12-19(26)24-8-5-16(6-9-24)20-23-22-18-13-21-7-10-25(18)20/h3-4,11,16,21H,5-10,12-13H2,1-2H3. The zero-order valence-electron chi connectivity index (χ0n) is 15.7. The first kappa shape index (κ1) is 17.2. The number of hydrogen-bond acceptors (Lipinski definition) is 4. The van der Waals surface area contributed by atoms with Crippen LogP contribution in [0, 0.1) is 13.8 Å².